The van der Waals surface area contributed by atoms with Gasteiger partial charge in [-0.3, -0.25) is 0 Å². The molecule has 0 unspecified atom stereocenters. The lowest BCUT2D eigenvalue weighted by molar-refractivity contribution is 0.247. The van der Waals surface area contributed by atoms with Crippen molar-refractivity contribution in [2.75, 3.05) is 18.5 Å². The molecule has 2 N–H and O–H groups in total. The quantitative estimate of drug-likeness (QED) is 0.832. The lowest BCUT2D eigenvalue weighted by Gasteiger charge is -2.11. The summed E-state index contributed by atoms with van der Waals surface area (Å²) >= 11 is 0. The van der Waals surface area contributed by atoms with Gasteiger partial charge in [0.25, 0.3) is 0 Å². The normalized spacial score (nSPS) is 9.78. The lowest BCUT2D eigenvalue weighted by atomic mass is 10.1. The fourth-order valence-corrected chi connectivity index (χ4v) is 2.09. The monoisotopic (exact) mass is 309 g/mol. The van der Waals surface area contributed by atoms with E-state index in [9.17, 15) is 4.79 Å². The van der Waals surface area contributed by atoms with Crippen LogP contribution in [0.15, 0.2) is 42.5 Å². The maximum Gasteiger partial charge on any atom is 0.319 e. The van der Waals surface area contributed by atoms with E-state index in [-0.39, 0.29) is 6.03 Å². The summed E-state index contributed by atoms with van der Waals surface area (Å²) in [5.74, 6) is 0.824. The van der Waals surface area contributed by atoms with Gasteiger partial charge in [0.2, 0.25) is 0 Å². The third-order valence-corrected chi connectivity index (χ3v) is 3.25. The molecule has 2 amide bonds. The van der Waals surface area contributed by atoms with E-state index in [1.54, 1.807) is 24.3 Å². The standard InChI is InChI=1S/C18H19N3O2/c1-13-3-8-17(14(2)11-13)23-10-9-20-18(22)21-16-6-4-15(12-19)5-7-16/h3-8,11H,9-10H2,1-2H3,(H2,20,21,22). The van der Waals surface area contributed by atoms with Gasteiger partial charge in [-0.15, -0.1) is 0 Å². The van der Waals surface area contributed by atoms with E-state index in [0.29, 0.717) is 24.4 Å². The summed E-state index contributed by atoms with van der Waals surface area (Å²) in [4.78, 5) is 11.7. The molecule has 0 aliphatic heterocycles. The van der Waals surface area contributed by atoms with Crippen LogP contribution in [0.5, 0.6) is 5.75 Å². The van der Waals surface area contributed by atoms with Gasteiger partial charge < -0.3 is 15.4 Å². The number of anilines is 1. The van der Waals surface area contributed by atoms with Gasteiger partial charge in [-0.2, -0.15) is 5.26 Å². The van der Waals surface area contributed by atoms with Crippen LogP contribution in [0.2, 0.25) is 0 Å². The zero-order valence-corrected chi connectivity index (χ0v) is 13.2. The number of ether oxygens (including phenoxy) is 1. The van der Waals surface area contributed by atoms with Crippen LogP contribution in [-0.2, 0) is 0 Å². The molecule has 5 nitrogen and oxygen atoms in total. The number of carbonyl (C=O) groups excluding carboxylic acids is 1. The Hall–Kier alpha value is -3.00. The van der Waals surface area contributed by atoms with Gasteiger partial charge in [0, 0.05) is 5.69 Å². The molecule has 2 aromatic carbocycles. The first-order chi connectivity index (χ1) is 11.1. The number of hydrogen-bond acceptors (Lipinski definition) is 3. The highest BCUT2D eigenvalue weighted by Crippen LogP contribution is 2.18. The first-order valence-corrected chi connectivity index (χ1v) is 7.33. The van der Waals surface area contributed by atoms with Crippen LogP contribution >= 0.6 is 0 Å². The Labute approximate surface area is 135 Å². The molecule has 2 aromatic rings. The number of nitrogens with zero attached hydrogens (tertiary/aromatic N) is 1. The molecular weight excluding hydrogens is 290 g/mol. The molecule has 0 bridgehead atoms. The van der Waals surface area contributed by atoms with Crippen LogP contribution in [0.4, 0.5) is 10.5 Å². The van der Waals surface area contributed by atoms with E-state index in [4.69, 9.17) is 10.00 Å². The molecule has 2 rings (SSSR count). The number of urea groups is 1. The summed E-state index contributed by atoms with van der Waals surface area (Å²) in [6, 6.07) is 14.4. The number of nitriles is 1. The van der Waals surface area contributed by atoms with Gasteiger partial charge >= 0.3 is 6.03 Å². The summed E-state index contributed by atoms with van der Waals surface area (Å²) < 4.78 is 5.64. The molecule has 0 saturated carbocycles. The van der Waals surface area contributed by atoms with Gasteiger partial charge in [-0.1, -0.05) is 17.7 Å². The van der Waals surface area contributed by atoms with Crippen molar-refractivity contribution < 1.29 is 9.53 Å². The van der Waals surface area contributed by atoms with E-state index < -0.39 is 0 Å². The van der Waals surface area contributed by atoms with Gasteiger partial charge in [-0.25, -0.2) is 4.79 Å². The van der Waals surface area contributed by atoms with Crippen molar-refractivity contribution in [3.05, 3.63) is 59.2 Å². The van der Waals surface area contributed by atoms with Crippen LogP contribution in [0, 0.1) is 25.2 Å². The SMILES string of the molecule is Cc1ccc(OCCNC(=O)Nc2ccc(C#N)cc2)c(C)c1. The van der Waals surface area contributed by atoms with E-state index in [2.05, 4.69) is 16.7 Å². The predicted molar refractivity (Wildman–Crippen MR) is 89.6 cm³/mol. The fraction of sp³-hybridized carbons (Fsp3) is 0.222. The van der Waals surface area contributed by atoms with Crippen LogP contribution in [0.1, 0.15) is 16.7 Å². The van der Waals surface area contributed by atoms with Crippen LogP contribution < -0.4 is 15.4 Å². The third-order valence-electron chi connectivity index (χ3n) is 3.25. The van der Waals surface area contributed by atoms with Crippen LogP contribution in [-0.4, -0.2) is 19.2 Å². The zero-order chi connectivity index (χ0) is 16.7. The van der Waals surface area contributed by atoms with Crippen molar-refractivity contribution >= 4 is 11.7 Å². The van der Waals surface area contributed by atoms with Gasteiger partial charge in [0.15, 0.2) is 0 Å². The van der Waals surface area contributed by atoms with Crippen molar-refractivity contribution in [3.8, 4) is 11.8 Å². The summed E-state index contributed by atoms with van der Waals surface area (Å²) in [6.45, 7) is 4.82. The predicted octanol–water partition coefficient (Wildman–Crippen LogP) is 3.38. The second-order valence-corrected chi connectivity index (χ2v) is 5.19. The minimum absolute atomic E-state index is 0.307. The Balaban J connectivity index is 1.73. The molecule has 0 atom stereocenters. The molecule has 0 aliphatic carbocycles. The maximum atomic E-state index is 11.7. The van der Waals surface area contributed by atoms with Crippen molar-refractivity contribution in [1.82, 2.24) is 5.32 Å². The number of hydrogen-bond donors (Lipinski definition) is 2. The molecule has 0 spiro atoms. The van der Waals surface area contributed by atoms with Gasteiger partial charge in [0.1, 0.15) is 12.4 Å². The van der Waals surface area contributed by atoms with Gasteiger partial charge in [0.05, 0.1) is 18.2 Å². The average molecular weight is 309 g/mol. The zero-order valence-electron chi connectivity index (χ0n) is 13.2. The summed E-state index contributed by atoms with van der Waals surface area (Å²) in [7, 11) is 0. The lowest BCUT2D eigenvalue weighted by Crippen LogP contribution is -2.32. The average Bonchev–Trinajstić information content (AvgIpc) is 2.54. The van der Waals surface area contributed by atoms with Crippen molar-refractivity contribution in [2.45, 2.75) is 13.8 Å². The number of carbonyl (C=O) groups is 1. The van der Waals surface area contributed by atoms with E-state index >= 15 is 0 Å². The number of nitrogens with one attached hydrogen (secondary N) is 2. The Bertz CT molecular complexity index is 718. The summed E-state index contributed by atoms with van der Waals surface area (Å²) in [5.41, 5.74) is 3.46. The molecule has 23 heavy (non-hydrogen) atoms. The Morgan fingerprint density at radius 1 is 1.17 bits per heavy atom. The van der Waals surface area contributed by atoms with Crippen molar-refractivity contribution in [1.29, 1.82) is 5.26 Å². The Morgan fingerprint density at radius 3 is 2.57 bits per heavy atom. The molecule has 0 aromatic heterocycles. The molecule has 0 fully saturated rings. The first kappa shape index (κ1) is 16.4. The molecular formula is C18H19N3O2. The summed E-state index contributed by atoms with van der Waals surface area (Å²) in [6.07, 6.45) is 0. The highest BCUT2D eigenvalue weighted by molar-refractivity contribution is 5.89. The van der Waals surface area contributed by atoms with E-state index in [1.807, 2.05) is 32.0 Å². The van der Waals surface area contributed by atoms with Gasteiger partial charge in [-0.05, 0) is 49.7 Å². The largest absolute Gasteiger partial charge is 0.491 e. The highest BCUT2D eigenvalue weighted by atomic mass is 16.5. The first-order valence-electron chi connectivity index (χ1n) is 7.33. The number of benzene rings is 2. The van der Waals surface area contributed by atoms with Crippen LogP contribution in [0.25, 0.3) is 0 Å². The smallest absolute Gasteiger partial charge is 0.319 e. The maximum absolute atomic E-state index is 11.7. The molecule has 5 heteroatoms. The number of rotatable bonds is 5. The minimum Gasteiger partial charge on any atom is -0.491 e. The molecule has 118 valence electrons. The molecule has 0 radical (unpaired) electrons. The topological polar surface area (TPSA) is 74.2 Å². The second-order valence-electron chi connectivity index (χ2n) is 5.19. The minimum atomic E-state index is -0.307. The second kappa shape index (κ2) is 7.85. The Morgan fingerprint density at radius 2 is 1.91 bits per heavy atom. The molecule has 0 heterocycles. The van der Waals surface area contributed by atoms with Crippen molar-refractivity contribution in [3.63, 3.8) is 0 Å². The highest BCUT2D eigenvalue weighted by Gasteiger charge is 2.03. The Kier molecular flexibility index (Phi) is 5.59. The van der Waals surface area contributed by atoms with Crippen LogP contribution in [0.3, 0.4) is 0 Å². The fourth-order valence-electron chi connectivity index (χ4n) is 2.09. The van der Waals surface area contributed by atoms with E-state index in [1.165, 1.54) is 5.56 Å². The molecule has 0 aliphatic rings. The number of amides is 2. The summed E-state index contributed by atoms with van der Waals surface area (Å²) in [5, 5.41) is 14.1. The van der Waals surface area contributed by atoms with Crippen molar-refractivity contribution in [2.24, 2.45) is 0 Å². The number of aryl methyl sites for hydroxylation is 2. The molecule has 0 saturated heterocycles. The van der Waals surface area contributed by atoms with E-state index in [0.717, 1.165) is 11.3 Å². The third kappa shape index (κ3) is 5.04.